The van der Waals surface area contributed by atoms with Crippen LogP contribution in [-0.2, 0) is 17.3 Å². The van der Waals surface area contributed by atoms with Crippen molar-refractivity contribution in [3.8, 4) is 44.5 Å². The minimum absolute atomic E-state index is 0.175. The van der Waals surface area contributed by atoms with Crippen molar-refractivity contribution in [2.75, 3.05) is 10.2 Å². The number of rotatable bonds is 4. The smallest absolute Gasteiger partial charge is 0.0581 e. The van der Waals surface area contributed by atoms with Crippen molar-refractivity contribution < 1.29 is 0 Å². The lowest BCUT2D eigenvalue weighted by molar-refractivity contribution is 0.632. The predicted molar refractivity (Wildman–Crippen MR) is 275 cm³/mol. The fourth-order valence-corrected chi connectivity index (χ4v) is 12.0. The van der Waals surface area contributed by atoms with Crippen LogP contribution in [0.15, 0.2) is 200 Å². The highest BCUT2D eigenvalue weighted by molar-refractivity contribution is 6.21. The number of para-hydroxylation sites is 5. The van der Waals surface area contributed by atoms with Gasteiger partial charge in [-0.2, -0.15) is 0 Å². The van der Waals surface area contributed by atoms with Crippen molar-refractivity contribution >= 4 is 50.0 Å². The molecule has 0 amide bonds. The van der Waals surface area contributed by atoms with Crippen LogP contribution in [0.3, 0.4) is 0 Å². The Hall–Kier alpha value is -7.68. The molecule has 2 aliphatic heterocycles. The van der Waals surface area contributed by atoms with Crippen LogP contribution in [0, 0.1) is 0 Å². The zero-order valence-electron chi connectivity index (χ0n) is 37.2. The van der Waals surface area contributed by atoms with E-state index in [1.165, 1.54) is 122 Å². The van der Waals surface area contributed by atoms with Crippen LogP contribution < -0.4 is 10.2 Å². The van der Waals surface area contributed by atoms with Crippen molar-refractivity contribution in [3.63, 3.8) is 0 Å². The third-order valence-corrected chi connectivity index (χ3v) is 15.1. The number of anilines is 5. The van der Waals surface area contributed by atoms with E-state index in [4.69, 9.17) is 0 Å². The van der Waals surface area contributed by atoms with Crippen LogP contribution in [-0.4, -0.2) is 0 Å². The molecule has 13 rings (SSSR count). The summed E-state index contributed by atoms with van der Waals surface area (Å²) in [6.45, 7) is 9.51. The minimum atomic E-state index is -0.228. The summed E-state index contributed by atoms with van der Waals surface area (Å²) in [5, 5.41) is 8.98. The predicted octanol–water partition coefficient (Wildman–Crippen LogP) is 17.1. The van der Waals surface area contributed by atoms with Crippen LogP contribution in [0.4, 0.5) is 28.4 Å². The quantitative estimate of drug-likeness (QED) is 0.178. The standard InChI is InChI=1S/C63H48N2/c1-62(2)53-31-10-12-35-57(53)64-60-48(29-17-33-55(60)62)43-24-15-27-46-51(43)38-52-44(25-16-28-47(52)59(46)45-26-14-23-42-41-22-9-8-19-39(41)37-50(42)45)49-30-18-34-56-61(49)65(40-20-6-5-7-21-40)58-36-13-11-32-54(58)63(56,3)4/h5-36,38,64H,37H2,1-4H3. The lowest BCUT2D eigenvalue weighted by Crippen LogP contribution is -2.31. The average Bonchev–Trinajstić information content (AvgIpc) is 3.73. The maximum absolute atomic E-state index is 3.96. The molecule has 0 saturated heterocycles. The highest BCUT2D eigenvalue weighted by Crippen LogP contribution is 2.57. The first-order chi connectivity index (χ1) is 31.8. The molecule has 310 valence electrons. The SMILES string of the molecule is CC1(C)c2ccccc2Nc2c(-c3cccc4c(-c5cccc6c5Cc5ccccc5-6)c5cccc(-c6cccc7c6N(c6ccccc6)c6ccccc6C7(C)C)c5cc34)cccc21. The first kappa shape index (κ1) is 37.8. The van der Waals surface area contributed by atoms with E-state index in [0.29, 0.717) is 0 Å². The zero-order chi connectivity index (χ0) is 43.6. The number of nitrogens with one attached hydrogen (secondary N) is 1. The minimum Gasteiger partial charge on any atom is -0.355 e. The fraction of sp³-hybridized carbons (Fsp3) is 0.111. The molecule has 1 N–H and O–H groups in total. The monoisotopic (exact) mass is 832 g/mol. The van der Waals surface area contributed by atoms with E-state index in [9.17, 15) is 0 Å². The Bertz CT molecular complexity index is 3610. The van der Waals surface area contributed by atoms with Gasteiger partial charge in [-0.3, -0.25) is 0 Å². The van der Waals surface area contributed by atoms with Crippen LogP contribution in [0.5, 0.6) is 0 Å². The zero-order valence-corrected chi connectivity index (χ0v) is 37.2. The van der Waals surface area contributed by atoms with Gasteiger partial charge in [-0.1, -0.05) is 198 Å². The topological polar surface area (TPSA) is 15.3 Å². The Morgan fingerprint density at radius 2 is 0.938 bits per heavy atom. The van der Waals surface area contributed by atoms with Crippen molar-refractivity contribution in [1.29, 1.82) is 0 Å². The molecule has 10 aromatic rings. The van der Waals surface area contributed by atoms with E-state index in [-0.39, 0.29) is 10.8 Å². The molecular formula is C63H48N2. The molecule has 0 radical (unpaired) electrons. The van der Waals surface area contributed by atoms with Crippen molar-refractivity contribution in [2.24, 2.45) is 0 Å². The largest absolute Gasteiger partial charge is 0.355 e. The van der Waals surface area contributed by atoms with E-state index in [1.807, 2.05) is 0 Å². The van der Waals surface area contributed by atoms with Crippen molar-refractivity contribution in [2.45, 2.75) is 44.9 Å². The molecule has 1 aliphatic carbocycles. The highest BCUT2D eigenvalue weighted by atomic mass is 15.2. The van der Waals surface area contributed by atoms with Gasteiger partial charge in [0.25, 0.3) is 0 Å². The summed E-state index contributed by atoms with van der Waals surface area (Å²) in [5.41, 5.74) is 23.8. The summed E-state index contributed by atoms with van der Waals surface area (Å²) in [6, 6.07) is 75.1. The second-order valence-electron chi connectivity index (χ2n) is 19.3. The van der Waals surface area contributed by atoms with E-state index < -0.39 is 0 Å². The number of fused-ring (bicyclic) bond motifs is 9. The van der Waals surface area contributed by atoms with Gasteiger partial charge in [0.1, 0.15) is 0 Å². The summed E-state index contributed by atoms with van der Waals surface area (Å²) >= 11 is 0. The molecule has 2 heteroatoms. The van der Waals surface area contributed by atoms with E-state index >= 15 is 0 Å². The Labute approximate surface area is 381 Å². The van der Waals surface area contributed by atoms with Gasteiger partial charge in [-0.05, 0) is 125 Å². The molecule has 2 nitrogen and oxygen atoms in total. The molecular weight excluding hydrogens is 785 g/mol. The number of hydrogen-bond donors (Lipinski definition) is 1. The summed E-state index contributed by atoms with van der Waals surface area (Å²) in [4.78, 5) is 2.51. The van der Waals surface area contributed by atoms with Gasteiger partial charge in [-0.15, -0.1) is 0 Å². The summed E-state index contributed by atoms with van der Waals surface area (Å²) in [5.74, 6) is 0. The lowest BCUT2D eigenvalue weighted by Gasteiger charge is -2.43. The first-order valence-corrected chi connectivity index (χ1v) is 23.1. The normalized spacial score (nSPS) is 14.7. The maximum Gasteiger partial charge on any atom is 0.0581 e. The van der Waals surface area contributed by atoms with Gasteiger partial charge in [-0.25, -0.2) is 0 Å². The molecule has 0 aromatic heterocycles. The fourth-order valence-electron chi connectivity index (χ4n) is 12.0. The summed E-state index contributed by atoms with van der Waals surface area (Å²) < 4.78 is 0. The van der Waals surface area contributed by atoms with Crippen LogP contribution in [0.2, 0.25) is 0 Å². The van der Waals surface area contributed by atoms with Crippen LogP contribution >= 0.6 is 0 Å². The number of hydrogen-bond acceptors (Lipinski definition) is 2. The molecule has 0 saturated carbocycles. The first-order valence-electron chi connectivity index (χ1n) is 23.1. The molecule has 3 aliphatic rings. The third-order valence-electron chi connectivity index (χ3n) is 15.1. The highest BCUT2D eigenvalue weighted by Gasteiger charge is 2.39. The molecule has 0 bridgehead atoms. The lowest BCUT2D eigenvalue weighted by atomic mass is 9.72. The van der Waals surface area contributed by atoms with Crippen molar-refractivity contribution in [1.82, 2.24) is 0 Å². The Balaban J connectivity index is 1.14. The second-order valence-corrected chi connectivity index (χ2v) is 19.3. The molecule has 0 fully saturated rings. The molecule has 10 aromatic carbocycles. The molecule has 0 atom stereocenters. The Morgan fingerprint density at radius 3 is 1.74 bits per heavy atom. The summed E-state index contributed by atoms with van der Waals surface area (Å²) in [6.07, 6.45) is 0.913. The van der Waals surface area contributed by atoms with Gasteiger partial charge in [0.05, 0.1) is 17.1 Å². The molecule has 65 heavy (non-hydrogen) atoms. The van der Waals surface area contributed by atoms with E-state index in [2.05, 4.69) is 238 Å². The van der Waals surface area contributed by atoms with Gasteiger partial charge in [0.2, 0.25) is 0 Å². The third kappa shape index (κ3) is 5.41. The van der Waals surface area contributed by atoms with Gasteiger partial charge >= 0.3 is 0 Å². The van der Waals surface area contributed by atoms with Crippen LogP contribution in [0.1, 0.15) is 61.1 Å². The molecule has 2 heterocycles. The van der Waals surface area contributed by atoms with Crippen LogP contribution in [0.25, 0.3) is 66.1 Å². The average molecular weight is 833 g/mol. The van der Waals surface area contributed by atoms with Gasteiger partial charge < -0.3 is 10.2 Å². The van der Waals surface area contributed by atoms with Crippen molar-refractivity contribution in [3.05, 3.63) is 234 Å². The Kier molecular flexibility index (Phi) is 8.10. The Morgan fingerprint density at radius 1 is 0.400 bits per heavy atom. The molecule has 0 unspecified atom stereocenters. The summed E-state index contributed by atoms with van der Waals surface area (Å²) in [7, 11) is 0. The number of benzene rings is 10. The maximum atomic E-state index is 3.96. The second kappa shape index (κ2) is 13.9. The van der Waals surface area contributed by atoms with Gasteiger partial charge in [0.15, 0.2) is 0 Å². The van der Waals surface area contributed by atoms with Gasteiger partial charge in [0, 0.05) is 33.3 Å². The van der Waals surface area contributed by atoms with E-state index in [1.54, 1.807) is 0 Å². The molecule has 0 spiro atoms. The number of nitrogens with zero attached hydrogens (tertiary/aromatic N) is 1. The van der Waals surface area contributed by atoms with E-state index in [0.717, 1.165) is 12.1 Å².